The van der Waals surface area contributed by atoms with Gasteiger partial charge in [0.1, 0.15) is 5.75 Å². The van der Waals surface area contributed by atoms with Gasteiger partial charge in [-0.15, -0.1) is 0 Å². The largest absolute Gasteiger partial charge is 0.482 e. The number of anilines is 1. The van der Waals surface area contributed by atoms with Crippen LogP contribution < -0.4 is 9.64 Å². The van der Waals surface area contributed by atoms with Crippen LogP contribution >= 0.6 is 0 Å². The molecule has 1 amide bonds. The zero-order valence-corrected chi connectivity index (χ0v) is 14.1. The van der Waals surface area contributed by atoms with E-state index >= 15 is 0 Å². The van der Waals surface area contributed by atoms with Crippen molar-refractivity contribution in [2.24, 2.45) is 0 Å². The summed E-state index contributed by atoms with van der Waals surface area (Å²) in [7, 11) is -3.46. The van der Waals surface area contributed by atoms with Crippen molar-refractivity contribution in [1.82, 2.24) is 0 Å². The van der Waals surface area contributed by atoms with Gasteiger partial charge in [-0.1, -0.05) is 13.0 Å². The number of carbonyl (C=O) groups is 1. The van der Waals surface area contributed by atoms with Crippen molar-refractivity contribution in [2.45, 2.75) is 18.4 Å². The molecule has 0 unspecified atom stereocenters. The van der Waals surface area contributed by atoms with Crippen LogP contribution in [0.1, 0.15) is 12.5 Å². The number of fused-ring (bicyclic) bond motifs is 1. The third kappa shape index (κ3) is 3.34. The van der Waals surface area contributed by atoms with Crippen molar-refractivity contribution in [3.8, 4) is 5.75 Å². The second kappa shape index (κ2) is 6.44. The summed E-state index contributed by atoms with van der Waals surface area (Å²) in [5.74, 6) is -2.11. The van der Waals surface area contributed by atoms with Gasteiger partial charge in [-0.2, -0.15) is 0 Å². The lowest BCUT2D eigenvalue weighted by atomic mass is 10.1. The highest BCUT2D eigenvalue weighted by atomic mass is 32.2. The highest BCUT2D eigenvalue weighted by Crippen LogP contribution is 2.35. The van der Waals surface area contributed by atoms with Crippen LogP contribution in [-0.4, -0.2) is 26.7 Å². The number of amides is 1. The molecule has 2 aromatic rings. The summed E-state index contributed by atoms with van der Waals surface area (Å²) in [6.07, 6.45) is 0. The van der Waals surface area contributed by atoms with E-state index in [4.69, 9.17) is 4.74 Å². The molecule has 0 atom stereocenters. The smallest absolute Gasteiger partial charge is 0.265 e. The maximum absolute atomic E-state index is 13.4. The molecule has 0 bridgehead atoms. The fourth-order valence-corrected chi connectivity index (χ4v) is 3.44. The number of ether oxygens (including phenoxy) is 1. The van der Waals surface area contributed by atoms with Crippen molar-refractivity contribution in [3.05, 3.63) is 53.6 Å². The van der Waals surface area contributed by atoms with E-state index in [1.165, 1.54) is 36.1 Å². The van der Waals surface area contributed by atoms with Crippen LogP contribution in [0.3, 0.4) is 0 Å². The number of hydrogen-bond donors (Lipinski definition) is 0. The van der Waals surface area contributed by atoms with E-state index in [0.717, 1.165) is 12.1 Å². The van der Waals surface area contributed by atoms with Crippen LogP contribution in [0.4, 0.5) is 14.5 Å². The molecule has 5 nitrogen and oxygen atoms in total. The summed E-state index contributed by atoms with van der Waals surface area (Å²) in [6.45, 7) is 1.29. The van der Waals surface area contributed by atoms with Gasteiger partial charge in [0, 0.05) is 0 Å². The molecular weight excluding hydrogens is 352 g/mol. The fraction of sp³-hybridized carbons (Fsp3) is 0.235. The van der Waals surface area contributed by atoms with Gasteiger partial charge in [0.25, 0.3) is 5.91 Å². The SMILES string of the molecule is CCS(=O)(=O)c1ccc2c(c1)N(Cc1ccc(F)c(F)c1)C(=O)CO2. The van der Waals surface area contributed by atoms with Gasteiger partial charge in [0.15, 0.2) is 28.1 Å². The van der Waals surface area contributed by atoms with Crippen molar-refractivity contribution in [3.63, 3.8) is 0 Å². The minimum absolute atomic E-state index is 0.0258. The Bertz CT molecular complexity index is 944. The standard InChI is InChI=1S/C17H15F2NO4S/c1-2-25(22,23)12-4-6-16-15(8-12)20(17(21)10-24-16)9-11-3-5-13(18)14(19)7-11/h3-8H,2,9-10H2,1H3. The van der Waals surface area contributed by atoms with E-state index in [-0.39, 0.29) is 29.5 Å². The van der Waals surface area contributed by atoms with Crippen LogP contribution in [0.15, 0.2) is 41.3 Å². The Hall–Kier alpha value is -2.48. The van der Waals surface area contributed by atoms with E-state index in [2.05, 4.69) is 0 Å². The minimum Gasteiger partial charge on any atom is -0.482 e. The quantitative estimate of drug-likeness (QED) is 0.834. The Morgan fingerprint density at radius 3 is 2.56 bits per heavy atom. The Kier molecular flexibility index (Phi) is 4.47. The number of benzene rings is 2. The second-order valence-corrected chi connectivity index (χ2v) is 7.83. The monoisotopic (exact) mass is 367 g/mol. The molecule has 0 saturated carbocycles. The third-order valence-electron chi connectivity index (χ3n) is 3.94. The van der Waals surface area contributed by atoms with Crippen LogP contribution in [-0.2, 0) is 21.2 Å². The molecule has 0 fully saturated rings. The molecule has 2 aromatic carbocycles. The van der Waals surface area contributed by atoms with Gasteiger partial charge in [-0.3, -0.25) is 4.79 Å². The number of halogens is 2. The molecule has 1 aliphatic rings. The summed E-state index contributed by atoms with van der Waals surface area (Å²) in [6, 6.07) is 7.63. The van der Waals surface area contributed by atoms with E-state index in [1.54, 1.807) is 0 Å². The Morgan fingerprint density at radius 1 is 1.12 bits per heavy atom. The maximum atomic E-state index is 13.4. The number of carbonyl (C=O) groups excluding carboxylic acids is 1. The van der Waals surface area contributed by atoms with Crippen molar-refractivity contribution < 1.29 is 26.7 Å². The highest BCUT2D eigenvalue weighted by molar-refractivity contribution is 7.91. The minimum atomic E-state index is -3.46. The van der Waals surface area contributed by atoms with Crippen molar-refractivity contribution in [2.75, 3.05) is 17.3 Å². The van der Waals surface area contributed by atoms with E-state index < -0.39 is 27.4 Å². The molecule has 0 aromatic heterocycles. The Morgan fingerprint density at radius 2 is 1.88 bits per heavy atom. The number of nitrogens with zero attached hydrogens (tertiary/aromatic N) is 1. The average Bonchev–Trinajstić information content (AvgIpc) is 2.60. The lowest BCUT2D eigenvalue weighted by molar-refractivity contribution is -0.121. The molecule has 8 heteroatoms. The summed E-state index contributed by atoms with van der Waals surface area (Å²) in [4.78, 5) is 13.6. The molecule has 0 N–H and O–H groups in total. The molecule has 0 saturated heterocycles. The van der Waals surface area contributed by atoms with Crippen molar-refractivity contribution in [1.29, 1.82) is 0 Å². The predicted octanol–water partition coefficient (Wildman–Crippen LogP) is 2.68. The first-order valence-corrected chi connectivity index (χ1v) is 9.21. The molecule has 1 heterocycles. The molecule has 25 heavy (non-hydrogen) atoms. The third-order valence-corrected chi connectivity index (χ3v) is 5.67. The van der Waals surface area contributed by atoms with Gasteiger partial charge in [0.2, 0.25) is 0 Å². The molecular formula is C17H15F2NO4S. The highest BCUT2D eigenvalue weighted by Gasteiger charge is 2.27. The topological polar surface area (TPSA) is 63.7 Å². The van der Waals surface area contributed by atoms with Crippen LogP contribution in [0.2, 0.25) is 0 Å². The Labute approximate surface area is 143 Å². The molecule has 0 aliphatic carbocycles. The van der Waals surface area contributed by atoms with E-state index in [0.29, 0.717) is 11.3 Å². The average molecular weight is 367 g/mol. The lowest BCUT2D eigenvalue weighted by Gasteiger charge is -2.30. The lowest BCUT2D eigenvalue weighted by Crippen LogP contribution is -2.38. The molecule has 0 radical (unpaired) electrons. The first kappa shape index (κ1) is 17.3. The normalized spacial score (nSPS) is 14.2. The predicted molar refractivity (Wildman–Crippen MR) is 87.2 cm³/mol. The molecule has 132 valence electrons. The summed E-state index contributed by atoms with van der Waals surface area (Å²) in [5.41, 5.74) is 0.666. The zero-order chi connectivity index (χ0) is 18.2. The van der Waals surface area contributed by atoms with Crippen molar-refractivity contribution >= 4 is 21.4 Å². The number of sulfone groups is 1. The summed E-state index contributed by atoms with van der Waals surface area (Å²) >= 11 is 0. The van der Waals surface area contributed by atoms with Gasteiger partial charge in [0.05, 0.1) is 22.9 Å². The molecule has 3 rings (SSSR count). The fourth-order valence-electron chi connectivity index (χ4n) is 2.54. The van der Waals surface area contributed by atoms with Gasteiger partial charge in [-0.05, 0) is 35.9 Å². The second-order valence-electron chi connectivity index (χ2n) is 5.55. The zero-order valence-electron chi connectivity index (χ0n) is 13.3. The van der Waals surface area contributed by atoms with E-state index in [9.17, 15) is 22.0 Å². The molecule has 1 aliphatic heterocycles. The Balaban J connectivity index is 2.02. The first-order valence-electron chi connectivity index (χ1n) is 7.55. The van der Waals surface area contributed by atoms with Gasteiger partial charge >= 0.3 is 0 Å². The van der Waals surface area contributed by atoms with Crippen LogP contribution in [0, 0.1) is 11.6 Å². The molecule has 0 spiro atoms. The number of rotatable bonds is 4. The maximum Gasteiger partial charge on any atom is 0.265 e. The summed E-state index contributed by atoms with van der Waals surface area (Å²) < 4.78 is 56.0. The summed E-state index contributed by atoms with van der Waals surface area (Å²) in [5, 5.41) is 0. The number of hydrogen-bond acceptors (Lipinski definition) is 4. The van der Waals surface area contributed by atoms with Gasteiger partial charge < -0.3 is 9.64 Å². The first-order chi connectivity index (χ1) is 11.8. The van der Waals surface area contributed by atoms with Crippen LogP contribution in [0.5, 0.6) is 5.75 Å². The van der Waals surface area contributed by atoms with Crippen LogP contribution in [0.25, 0.3) is 0 Å². The van der Waals surface area contributed by atoms with Gasteiger partial charge in [-0.25, -0.2) is 17.2 Å². The van der Waals surface area contributed by atoms with E-state index in [1.807, 2.05) is 0 Å².